The number of Topliss-reactive ketones (excluding diaryl/α,β-unsaturated/α-hetero) is 1. The largest absolute Gasteiger partial charge is 0.469 e. The van der Waals surface area contributed by atoms with Crippen molar-refractivity contribution in [1.82, 2.24) is 0 Å². The predicted molar refractivity (Wildman–Crippen MR) is 106 cm³/mol. The molecule has 2 saturated carbocycles. The fourth-order valence-electron chi connectivity index (χ4n) is 5.00. The minimum absolute atomic E-state index is 0.0582. The monoisotopic (exact) mass is 376 g/mol. The van der Waals surface area contributed by atoms with Gasteiger partial charge in [-0.15, -0.1) is 0 Å². The first-order chi connectivity index (χ1) is 13.1. The molecule has 4 nitrogen and oxygen atoms in total. The van der Waals surface area contributed by atoms with Gasteiger partial charge in [-0.05, 0) is 62.9 Å². The molecule has 2 aliphatic rings. The molecule has 2 bridgehead atoms. The lowest BCUT2D eigenvalue weighted by Gasteiger charge is -2.28. The molecule has 4 heteroatoms. The zero-order chi connectivity index (χ0) is 19.6. The minimum atomic E-state index is -0.189. The molecule has 2 unspecified atom stereocenters. The summed E-state index contributed by atoms with van der Waals surface area (Å²) < 4.78 is 4.64. The zero-order valence-electron chi connectivity index (χ0n) is 17.1. The van der Waals surface area contributed by atoms with E-state index in [-0.39, 0.29) is 29.4 Å². The SMILES string of the molecule is CCCCC/C=C\C(=O)[C@H]1C2CCC(C2)[C@@H]1C(=O)CCCCCC(=O)OC. The van der Waals surface area contributed by atoms with Gasteiger partial charge < -0.3 is 4.74 Å². The standard InChI is InChI=1S/C23H36O4/c1-3-4-5-6-8-11-19(24)22-17-14-15-18(16-17)23(22)20(25)12-9-7-10-13-21(26)27-2/h8,11,17-18,22-23H,3-7,9-10,12-16H2,1-2H3/b11-8-/t17?,18?,22-,23-/m1/s1. The summed E-state index contributed by atoms with van der Waals surface area (Å²) >= 11 is 0. The van der Waals surface area contributed by atoms with E-state index in [2.05, 4.69) is 11.7 Å². The van der Waals surface area contributed by atoms with Crippen molar-refractivity contribution < 1.29 is 19.1 Å². The number of rotatable bonds is 13. The number of hydrogen-bond donors (Lipinski definition) is 0. The van der Waals surface area contributed by atoms with E-state index in [0.29, 0.717) is 24.7 Å². The Morgan fingerprint density at radius 2 is 1.63 bits per heavy atom. The van der Waals surface area contributed by atoms with Crippen LogP contribution in [0, 0.1) is 23.7 Å². The van der Waals surface area contributed by atoms with Crippen LogP contribution in [0.2, 0.25) is 0 Å². The van der Waals surface area contributed by atoms with Crippen LogP contribution in [0.1, 0.15) is 84.0 Å². The predicted octanol–water partition coefficient (Wildman–Crippen LogP) is 5.05. The highest BCUT2D eigenvalue weighted by Crippen LogP contribution is 2.53. The second kappa shape index (κ2) is 11.4. The van der Waals surface area contributed by atoms with Crippen LogP contribution < -0.4 is 0 Å². The van der Waals surface area contributed by atoms with E-state index in [0.717, 1.165) is 51.4 Å². The van der Waals surface area contributed by atoms with Gasteiger partial charge in [0.15, 0.2) is 5.78 Å². The molecule has 0 N–H and O–H groups in total. The van der Waals surface area contributed by atoms with Gasteiger partial charge >= 0.3 is 5.97 Å². The molecule has 0 radical (unpaired) electrons. The summed E-state index contributed by atoms with van der Waals surface area (Å²) in [6.45, 7) is 2.18. The lowest BCUT2D eigenvalue weighted by atomic mass is 9.74. The van der Waals surface area contributed by atoms with Crippen molar-refractivity contribution in [3.8, 4) is 0 Å². The molecule has 27 heavy (non-hydrogen) atoms. The smallest absolute Gasteiger partial charge is 0.305 e. The van der Waals surface area contributed by atoms with Crippen LogP contribution >= 0.6 is 0 Å². The Balaban J connectivity index is 1.81. The van der Waals surface area contributed by atoms with Crippen molar-refractivity contribution in [2.45, 2.75) is 84.0 Å². The van der Waals surface area contributed by atoms with Gasteiger partial charge in [0.05, 0.1) is 7.11 Å². The van der Waals surface area contributed by atoms with E-state index in [1.165, 1.54) is 20.0 Å². The Kier molecular flexibility index (Phi) is 9.23. The van der Waals surface area contributed by atoms with Crippen molar-refractivity contribution in [3.05, 3.63) is 12.2 Å². The lowest BCUT2D eigenvalue weighted by Crippen LogP contribution is -2.34. The molecule has 0 heterocycles. The number of allylic oxidation sites excluding steroid dienone is 2. The molecule has 2 fully saturated rings. The fraction of sp³-hybridized carbons (Fsp3) is 0.783. The van der Waals surface area contributed by atoms with Crippen LogP contribution in [0.25, 0.3) is 0 Å². The van der Waals surface area contributed by atoms with Crippen LogP contribution in [-0.4, -0.2) is 24.6 Å². The Bertz CT molecular complexity index is 536. The van der Waals surface area contributed by atoms with Gasteiger partial charge in [-0.1, -0.05) is 32.3 Å². The lowest BCUT2D eigenvalue weighted by molar-refractivity contribution is -0.140. The normalized spacial score (nSPS) is 26.6. The molecule has 0 spiro atoms. The highest BCUT2D eigenvalue weighted by atomic mass is 16.5. The van der Waals surface area contributed by atoms with Crippen molar-refractivity contribution in [2.75, 3.05) is 7.11 Å². The third kappa shape index (κ3) is 6.29. The molecule has 0 saturated heterocycles. The number of fused-ring (bicyclic) bond motifs is 2. The van der Waals surface area contributed by atoms with Gasteiger partial charge in [-0.2, -0.15) is 0 Å². The van der Waals surface area contributed by atoms with Crippen LogP contribution in [0.5, 0.6) is 0 Å². The first kappa shape index (κ1) is 21.8. The van der Waals surface area contributed by atoms with Crippen molar-refractivity contribution in [2.24, 2.45) is 23.7 Å². The number of ether oxygens (including phenoxy) is 1. The maximum absolute atomic E-state index is 12.9. The van der Waals surface area contributed by atoms with E-state index < -0.39 is 0 Å². The first-order valence-corrected chi connectivity index (χ1v) is 10.9. The van der Waals surface area contributed by atoms with Gasteiger partial charge in [0.2, 0.25) is 0 Å². The maximum Gasteiger partial charge on any atom is 0.305 e. The summed E-state index contributed by atoms with van der Waals surface area (Å²) in [5.41, 5.74) is 0. The summed E-state index contributed by atoms with van der Waals surface area (Å²) in [5.74, 6) is 0.966. The number of esters is 1. The molecule has 0 aliphatic heterocycles. The molecular weight excluding hydrogens is 340 g/mol. The summed E-state index contributed by atoms with van der Waals surface area (Å²) in [6, 6.07) is 0. The summed E-state index contributed by atoms with van der Waals surface area (Å²) in [6.07, 6.45) is 14.9. The zero-order valence-corrected chi connectivity index (χ0v) is 17.1. The molecule has 2 rings (SSSR count). The van der Waals surface area contributed by atoms with E-state index in [4.69, 9.17) is 0 Å². The van der Waals surface area contributed by atoms with Crippen LogP contribution in [0.15, 0.2) is 12.2 Å². The van der Waals surface area contributed by atoms with Crippen molar-refractivity contribution in [1.29, 1.82) is 0 Å². The number of hydrogen-bond acceptors (Lipinski definition) is 4. The second-order valence-corrected chi connectivity index (χ2v) is 8.29. The first-order valence-electron chi connectivity index (χ1n) is 10.9. The highest BCUT2D eigenvalue weighted by molar-refractivity contribution is 5.97. The van der Waals surface area contributed by atoms with Crippen molar-refractivity contribution >= 4 is 17.5 Å². The number of carbonyl (C=O) groups is 3. The summed E-state index contributed by atoms with van der Waals surface area (Å²) in [7, 11) is 1.40. The topological polar surface area (TPSA) is 60.4 Å². The van der Waals surface area contributed by atoms with Crippen LogP contribution in [0.3, 0.4) is 0 Å². The van der Waals surface area contributed by atoms with Crippen LogP contribution in [0.4, 0.5) is 0 Å². The molecule has 2 aliphatic carbocycles. The Labute approximate surface area is 164 Å². The molecule has 0 aromatic carbocycles. The summed E-state index contributed by atoms with van der Waals surface area (Å²) in [4.78, 5) is 36.8. The van der Waals surface area contributed by atoms with E-state index in [1.807, 2.05) is 6.08 Å². The molecular formula is C23H36O4. The Hall–Kier alpha value is -1.45. The van der Waals surface area contributed by atoms with Gasteiger partial charge in [-0.3, -0.25) is 14.4 Å². The van der Waals surface area contributed by atoms with Gasteiger partial charge in [0.1, 0.15) is 5.78 Å². The average molecular weight is 377 g/mol. The van der Waals surface area contributed by atoms with E-state index in [9.17, 15) is 14.4 Å². The quantitative estimate of drug-likeness (QED) is 0.256. The molecule has 0 aromatic rings. The second-order valence-electron chi connectivity index (χ2n) is 8.29. The molecule has 152 valence electrons. The summed E-state index contributed by atoms with van der Waals surface area (Å²) in [5, 5.41) is 0. The third-order valence-electron chi connectivity index (χ3n) is 6.40. The molecule has 0 amide bonds. The number of unbranched alkanes of at least 4 members (excludes halogenated alkanes) is 5. The molecule has 4 atom stereocenters. The van der Waals surface area contributed by atoms with E-state index >= 15 is 0 Å². The van der Waals surface area contributed by atoms with E-state index in [1.54, 1.807) is 6.08 Å². The highest BCUT2D eigenvalue weighted by Gasteiger charge is 2.52. The Morgan fingerprint density at radius 3 is 2.33 bits per heavy atom. The fourth-order valence-corrected chi connectivity index (χ4v) is 5.00. The van der Waals surface area contributed by atoms with Crippen LogP contribution in [-0.2, 0) is 19.1 Å². The Morgan fingerprint density at radius 1 is 0.926 bits per heavy atom. The number of ketones is 2. The van der Waals surface area contributed by atoms with Gasteiger partial charge in [-0.25, -0.2) is 0 Å². The third-order valence-corrected chi connectivity index (χ3v) is 6.40. The number of carbonyl (C=O) groups excluding carboxylic acids is 3. The average Bonchev–Trinajstić information content (AvgIpc) is 3.28. The van der Waals surface area contributed by atoms with Gasteiger partial charge in [0, 0.05) is 24.7 Å². The van der Waals surface area contributed by atoms with Gasteiger partial charge in [0.25, 0.3) is 0 Å². The maximum atomic E-state index is 12.9. The van der Waals surface area contributed by atoms with Crippen molar-refractivity contribution in [3.63, 3.8) is 0 Å². The number of methoxy groups -OCH3 is 1. The molecule has 0 aromatic heterocycles. The minimum Gasteiger partial charge on any atom is -0.469 e.